The van der Waals surface area contributed by atoms with Crippen molar-refractivity contribution in [2.75, 3.05) is 33.0 Å². The molecule has 2 N–H and O–H groups in total. The third-order valence-corrected chi connectivity index (χ3v) is 5.81. The maximum Gasteiger partial charge on any atom is 0.246 e. The van der Waals surface area contributed by atoms with Crippen molar-refractivity contribution in [1.82, 2.24) is 4.31 Å². The van der Waals surface area contributed by atoms with E-state index in [1.807, 2.05) is 6.92 Å². The summed E-state index contributed by atoms with van der Waals surface area (Å²) in [7, 11) is -0.585. The second kappa shape index (κ2) is 5.82. The van der Waals surface area contributed by atoms with Crippen LogP contribution in [0.5, 0.6) is 5.75 Å². The molecule has 0 aromatic heterocycles. The summed E-state index contributed by atoms with van der Waals surface area (Å²) < 4.78 is 37.7. The molecule has 1 aliphatic heterocycles. The van der Waals surface area contributed by atoms with E-state index in [9.17, 15) is 8.42 Å². The zero-order chi connectivity index (χ0) is 15.7. The van der Waals surface area contributed by atoms with E-state index < -0.39 is 15.6 Å². The molecule has 21 heavy (non-hydrogen) atoms. The van der Waals surface area contributed by atoms with Crippen molar-refractivity contribution < 1.29 is 17.9 Å². The number of rotatable bonds is 4. The van der Waals surface area contributed by atoms with Gasteiger partial charge in [-0.15, -0.1) is 0 Å². The van der Waals surface area contributed by atoms with Crippen molar-refractivity contribution in [1.29, 1.82) is 0 Å². The summed E-state index contributed by atoms with van der Waals surface area (Å²) in [5.41, 5.74) is 5.69. The Bertz CT molecular complexity index is 617. The van der Waals surface area contributed by atoms with Crippen molar-refractivity contribution in [2.45, 2.75) is 30.3 Å². The fraction of sp³-hybridized carbons (Fsp3) is 0.571. The van der Waals surface area contributed by atoms with Crippen LogP contribution in [0.1, 0.15) is 19.8 Å². The largest absolute Gasteiger partial charge is 0.495 e. The Balaban J connectivity index is 2.38. The van der Waals surface area contributed by atoms with E-state index in [1.165, 1.54) is 23.5 Å². The van der Waals surface area contributed by atoms with Gasteiger partial charge in [-0.3, -0.25) is 0 Å². The first kappa shape index (κ1) is 16.1. The van der Waals surface area contributed by atoms with Crippen LogP contribution in [-0.2, 0) is 14.8 Å². The van der Waals surface area contributed by atoms with Crippen molar-refractivity contribution in [3.8, 4) is 5.75 Å². The Hall–Kier alpha value is -1.31. The van der Waals surface area contributed by atoms with Gasteiger partial charge >= 0.3 is 0 Å². The van der Waals surface area contributed by atoms with Crippen molar-refractivity contribution in [3.63, 3.8) is 0 Å². The minimum absolute atomic E-state index is 0.138. The Morgan fingerprint density at radius 2 is 2.05 bits per heavy atom. The normalized spacial score (nSPS) is 24.0. The number of anilines is 1. The summed E-state index contributed by atoms with van der Waals surface area (Å²) >= 11 is 0. The highest BCUT2D eigenvalue weighted by Crippen LogP contribution is 2.32. The van der Waals surface area contributed by atoms with Gasteiger partial charge in [0.2, 0.25) is 10.0 Å². The van der Waals surface area contributed by atoms with Crippen LogP contribution in [0.2, 0.25) is 0 Å². The molecule has 0 aliphatic carbocycles. The number of hydrogen-bond acceptors (Lipinski definition) is 5. The Kier molecular flexibility index (Phi) is 4.46. The van der Waals surface area contributed by atoms with Crippen LogP contribution in [0, 0.1) is 0 Å². The van der Waals surface area contributed by atoms with Gasteiger partial charge in [-0.2, -0.15) is 4.31 Å². The molecule has 6 nitrogen and oxygen atoms in total. The minimum Gasteiger partial charge on any atom is -0.495 e. The van der Waals surface area contributed by atoms with Crippen LogP contribution in [0.15, 0.2) is 23.1 Å². The molecule has 0 bridgehead atoms. The predicted octanol–water partition coefficient (Wildman–Crippen LogP) is 1.47. The summed E-state index contributed by atoms with van der Waals surface area (Å²) in [6.07, 6.45) is 1.61. The number of sulfonamides is 1. The predicted molar refractivity (Wildman–Crippen MR) is 80.8 cm³/mol. The van der Waals surface area contributed by atoms with Crippen LogP contribution in [0.3, 0.4) is 0 Å². The smallest absolute Gasteiger partial charge is 0.246 e. The van der Waals surface area contributed by atoms with E-state index in [0.717, 1.165) is 12.8 Å². The topological polar surface area (TPSA) is 81.9 Å². The Morgan fingerprint density at radius 3 is 2.67 bits per heavy atom. The standard InChI is InChI=1S/C14H22N2O4S/c1-14(20-3)7-4-8-16(10-14)21(17,18)13-6-5-11(15)9-12(13)19-2/h5-6,9H,4,7-8,10,15H2,1-3H3. The minimum atomic E-state index is -3.63. The number of hydrogen-bond donors (Lipinski definition) is 1. The van der Waals surface area contributed by atoms with E-state index in [-0.39, 0.29) is 10.6 Å². The molecule has 0 saturated carbocycles. The molecular formula is C14H22N2O4S. The van der Waals surface area contributed by atoms with Gasteiger partial charge in [0.05, 0.1) is 12.7 Å². The van der Waals surface area contributed by atoms with Crippen molar-refractivity contribution in [2.24, 2.45) is 0 Å². The molecule has 0 spiro atoms. The number of nitrogens with zero attached hydrogens (tertiary/aromatic N) is 1. The van der Waals surface area contributed by atoms with Gasteiger partial charge in [-0.05, 0) is 31.9 Å². The summed E-state index contributed by atoms with van der Waals surface area (Å²) in [6, 6.07) is 4.57. The average molecular weight is 314 g/mol. The molecular weight excluding hydrogens is 292 g/mol. The highest BCUT2D eigenvalue weighted by atomic mass is 32.2. The molecule has 1 unspecified atom stereocenters. The van der Waals surface area contributed by atoms with Crippen molar-refractivity contribution >= 4 is 15.7 Å². The SMILES string of the molecule is COc1cc(N)ccc1S(=O)(=O)N1CCCC(C)(OC)C1. The number of nitrogens with two attached hydrogens (primary N) is 1. The fourth-order valence-corrected chi connectivity index (χ4v) is 4.30. The molecule has 1 aromatic carbocycles. The average Bonchev–Trinajstić information content (AvgIpc) is 2.47. The lowest BCUT2D eigenvalue weighted by atomic mass is 9.96. The number of ether oxygens (including phenoxy) is 2. The van der Waals surface area contributed by atoms with Gasteiger partial charge in [0.1, 0.15) is 10.6 Å². The first-order valence-electron chi connectivity index (χ1n) is 6.81. The maximum atomic E-state index is 12.8. The third kappa shape index (κ3) is 3.14. The molecule has 1 aliphatic rings. The van der Waals surface area contributed by atoms with Gasteiger partial charge in [0.15, 0.2) is 0 Å². The van der Waals surface area contributed by atoms with Crippen LogP contribution >= 0.6 is 0 Å². The fourth-order valence-electron chi connectivity index (χ4n) is 2.57. The highest BCUT2D eigenvalue weighted by molar-refractivity contribution is 7.89. The molecule has 0 amide bonds. The van der Waals surface area contributed by atoms with Crippen LogP contribution < -0.4 is 10.5 Å². The highest BCUT2D eigenvalue weighted by Gasteiger charge is 2.38. The summed E-state index contributed by atoms with van der Waals surface area (Å²) in [5, 5.41) is 0. The lowest BCUT2D eigenvalue weighted by Gasteiger charge is -2.38. The molecule has 1 saturated heterocycles. The van der Waals surface area contributed by atoms with Gasteiger partial charge in [-0.1, -0.05) is 0 Å². The van der Waals surface area contributed by atoms with E-state index in [2.05, 4.69) is 0 Å². The second-order valence-electron chi connectivity index (χ2n) is 5.51. The lowest BCUT2D eigenvalue weighted by Crippen LogP contribution is -2.49. The maximum absolute atomic E-state index is 12.8. The molecule has 1 heterocycles. The zero-order valence-corrected chi connectivity index (χ0v) is 13.4. The monoisotopic (exact) mass is 314 g/mol. The van der Waals surface area contributed by atoms with Crippen molar-refractivity contribution in [3.05, 3.63) is 18.2 Å². The van der Waals surface area contributed by atoms with E-state index in [4.69, 9.17) is 15.2 Å². The molecule has 118 valence electrons. The van der Waals surface area contributed by atoms with Crippen LogP contribution in [-0.4, -0.2) is 45.6 Å². The van der Waals surface area contributed by atoms with Crippen LogP contribution in [0.25, 0.3) is 0 Å². The lowest BCUT2D eigenvalue weighted by molar-refractivity contribution is -0.0319. The summed E-state index contributed by atoms with van der Waals surface area (Å²) in [4.78, 5) is 0.138. The summed E-state index contributed by atoms with van der Waals surface area (Å²) in [5.74, 6) is 0.264. The number of benzene rings is 1. The molecule has 0 radical (unpaired) electrons. The van der Waals surface area contributed by atoms with Gasteiger partial charge in [0.25, 0.3) is 0 Å². The molecule has 1 fully saturated rings. The Morgan fingerprint density at radius 1 is 1.33 bits per heavy atom. The van der Waals surface area contributed by atoms with Gasteiger partial charge in [-0.25, -0.2) is 8.42 Å². The molecule has 1 aromatic rings. The second-order valence-corrected chi connectivity index (χ2v) is 7.41. The number of methoxy groups -OCH3 is 2. The van der Waals surface area contributed by atoms with E-state index in [0.29, 0.717) is 18.8 Å². The first-order chi connectivity index (χ1) is 9.82. The zero-order valence-electron chi connectivity index (χ0n) is 12.6. The third-order valence-electron chi connectivity index (χ3n) is 3.92. The summed E-state index contributed by atoms with van der Waals surface area (Å²) in [6.45, 7) is 2.74. The van der Waals surface area contributed by atoms with Gasteiger partial charge < -0.3 is 15.2 Å². The van der Waals surface area contributed by atoms with E-state index in [1.54, 1.807) is 13.2 Å². The van der Waals surface area contributed by atoms with E-state index >= 15 is 0 Å². The van der Waals surface area contributed by atoms with Crippen LogP contribution in [0.4, 0.5) is 5.69 Å². The molecule has 2 rings (SSSR count). The number of nitrogen functional groups attached to an aromatic ring is 1. The Labute approximate surface area is 125 Å². The quantitative estimate of drug-likeness (QED) is 0.851. The number of piperidine rings is 1. The van der Waals surface area contributed by atoms with Gasteiger partial charge in [0, 0.05) is 32.0 Å². The molecule has 7 heteroatoms. The first-order valence-corrected chi connectivity index (χ1v) is 8.25. The molecule has 1 atom stereocenters.